The summed E-state index contributed by atoms with van der Waals surface area (Å²) in [4.78, 5) is 60.2. The number of nitrogens with one attached hydrogen (secondary N) is 1. The molecule has 2 heterocycles. The van der Waals surface area contributed by atoms with Gasteiger partial charge in [0.25, 0.3) is 5.78 Å². The minimum absolute atomic E-state index is 0.0234. The normalized spacial score (nSPS) is 22.9. The highest BCUT2D eigenvalue weighted by molar-refractivity contribution is 6.33. The Hall–Kier alpha value is -4.77. The summed E-state index contributed by atoms with van der Waals surface area (Å²) in [6.07, 6.45) is 1.24. The van der Waals surface area contributed by atoms with E-state index >= 15 is 0 Å². The molecule has 222 valence electrons. The van der Waals surface area contributed by atoms with Crippen LogP contribution in [-0.4, -0.2) is 88.7 Å². The number of nitrogens with zero attached hydrogens (tertiary/aromatic N) is 4. The Morgan fingerprint density at radius 1 is 1.21 bits per heavy atom. The maximum Gasteiger partial charge on any atom is 0.411 e. The van der Waals surface area contributed by atoms with Crippen molar-refractivity contribution in [3.8, 4) is 11.5 Å². The summed E-state index contributed by atoms with van der Waals surface area (Å²) in [7, 11) is 2.73. The van der Waals surface area contributed by atoms with Gasteiger partial charge in [0.15, 0.2) is 0 Å². The Bertz CT molecular complexity index is 1490. The predicted octanol–water partition coefficient (Wildman–Crippen LogP) is 2.72. The molecule has 4 unspecified atom stereocenters. The number of carbonyl (C=O) groups is 4. The summed E-state index contributed by atoms with van der Waals surface area (Å²) in [5, 5.41) is 3.32. The summed E-state index contributed by atoms with van der Waals surface area (Å²) in [6.45, 7) is 8.83. The first-order valence-electron chi connectivity index (χ1n) is 13.3. The number of methoxy groups -OCH3 is 2. The lowest BCUT2D eigenvalue weighted by Crippen LogP contribution is -2.53. The van der Waals surface area contributed by atoms with E-state index < -0.39 is 47.0 Å². The lowest BCUT2D eigenvalue weighted by molar-refractivity contribution is -0.147. The van der Waals surface area contributed by atoms with Crippen LogP contribution < -0.4 is 14.8 Å². The Morgan fingerprint density at radius 2 is 1.95 bits per heavy atom. The molecule has 2 aliphatic rings. The molecule has 1 aliphatic heterocycles. The second kappa shape index (κ2) is 11.6. The fourth-order valence-electron chi connectivity index (χ4n) is 4.97. The highest BCUT2D eigenvalue weighted by Crippen LogP contribution is 2.45. The molecule has 1 aromatic carbocycles. The lowest BCUT2D eigenvalue weighted by Gasteiger charge is -2.28. The van der Waals surface area contributed by atoms with Crippen LogP contribution in [0.1, 0.15) is 44.1 Å². The van der Waals surface area contributed by atoms with Crippen molar-refractivity contribution in [1.29, 1.82) is 0 Å². The van der Waals surface area contributed by atoms with Gasteiger partial charge in [-0.3, -0.25) is 14.5 Å². The van der Waals surface area contributed by atoms with Gasteiger partial charge in [-0.2, -0.15) is 4.79 Å². The average molecular weight is 580 g/mol. The summed E-state index contributed by atoms with van der Waals surface area (Å²) in [5.41, 5.74) is 7.09. The Morgan fingerprint density at radius 3 is 2.55 bits per heavy atom. The molecule has 1 aromatic heterocycles. The Labute approximate surface area is 242 Å². The Kier molecular flexibility index (Phi) is 8.35. The van der Waals surface area contributed by atoms with E-state index in [-0.39, 0.29) is 30.3 Å². The number of amides is 2. The highest BCUT2D eigenvalue weighted by Gasteiger charge is 2.62. The van der Waals surface area contributed by atoms with Gasteiger partial charge in [0.1, 0.15) is 40.5 Å². The summed E-state index contributed by atoms with van der Waals surface area (Å²) in [6, 6.07) is 5.38. The van der Waals surface area contributed by atoms with Crippen LogP contribution in [0.2, 0.25) is 0 Å². The molecule has 1 saturated heterocycles. The Balaban J connectivity index is 1.67. The molecule has 1 N–H and O–H groups in total. The first kappa shape index (κ1) is 30.2. The van der Waals surface area contributed by atoms with Crippen LogP contribution in [0.15, 0.2) is 36.9 Å². The van der Waals surface area contributed by atoms with Crippen molar-refractivity contribution in [2.45, 2.75) is 56.9 Å². The van der Waals surface area contributed by atoms with Crippen molar-refractivity contribution in [1.82, 2.24) is 15.2 Å². The number of benzene rings is 1. The fourth-order valence-corrected chi connectivity index (χ4v) is 4.97. The number of esters is 1. The van der Waals surface area contributed by atoms with E-state index in [9.17, 15) is 19.2 Å². The summed E-state index contributed by atoms with van der Waals surface area (Å²) >= 11 is 0. The third kappa shape index (κ3) is 6.10. The lowest BCUT2D eigenvalue weighted by atomic mass is 10.1. The topological polar surface area (TPSA) is 170 Å². The molecule has 4 atom stereocenters. The van der Waals surface area contributed by atoms with Gasteiger partial charge in [-0.1, -0.05) is 6.08 Å². The predicted molar refractivity (Wildman–Crippen MR) is 149 cm³/mol. The maximum absolute atomic E-state index is 13.6. The standard InChI is InChI=1S/C29H33N5O8/c1-7-16-13-29(16,26(37)40-6)33-25(36)22-11-18(15-34(22)27(38)42-28(2,3)4)41-24-12-21(23(35)14-31-30)32-20-10-17(39-5)8-9-19(20)24/h7-10,12,14,16,18,22H,1,11,13,15H2,2-6H3,(H,33,36). The SMILES string of the molecule is C=CC1CC1(NC(=O)C1CC(Oc2cc(C(=O)C=[N+]=[N-])nc3cc(OC)ccc23)CN1C(=O)OC(C)(C)C)C(=O)OC. The average Bonchev–Trinajstić information content (AvgIpc) is 3.49. The molecule has 13 heteroatoms. The van der Waals surface area contributed by atoms with Crippen molar-refractivity contribution in [2.75, 3.05) is 20.8 Å². The van der Waals surface area contributed by atoms with Crippen molar-refractivity contribution < 1.29 is 42.9 Å². The third-order valence-electron chi connectivity index (χ3n) is 7.09. The fraction of sp³-hybridized carbons (Fsp3) is 0.448. The van der Waals surface area contributed by atoms with Crippen LogP contribution in [0.5, 0.6) is 11.5 Å². The van der Waals surface area contributed by atoms with Gasteiger partial charge in [0, 0.05) is 29.9 Å². The molecule has 2 amide bonds. The first-order chi connectivity index (χ1) is 19.8. The molecule has 13 nitrogen and oxygen atoms in total. The van der Waals surface area contributed by atoms with Gasteiger partial charge >= 0.3 is 18.3 Å². The summed E-state index contributed by atoms with van der Waals surface area (Å²) in [5.74, 6) is -1.39. The number of pyridine rings is 1. The number of carbonyl (C=O) groups excluding carboxylic acids is 4. The zero-order chi connectivity index (χ0) is 30.8. The van der Waals surface area contributed by atoms with Gasteiger partial charge < -0.3 is 29.8 Å². The van der Waals surface area contributed by atoms with Crippen molar-refractivity contribution in [2.24, 2.45) is 5.92 Å². The van der Waals surface area contributed by atoms with Crippen LogP contribution in [-0.2, 0) is 19.1 Å². The molecule has 1 aliphatic carbocycles. The minimum Gasteiger partial charge on any atom is -0.497 e. The maximum atomic E-state index is 13.6. The first-order valence-corrected chi connectivity index (χ1v) is 13.3. The number of Topliss-reactive ketones (excluding diaryl/α,β-unsaturated/α-hetero) is 1. The number of fused-ring (bicyclic) bond motifs is 1. The molecular formula is C29H33N5O8. The van der Waals surface area contributed by atoms with Crippen LogP contribution in [0.25, 0.3) is 16.4 Å². The molecule has 1 saturated carbocycles. The van der Waals surface area contributed by atoms with E-state index in [0.29, 0.717) is 29.3 Å². The van der Waals surface area contributed by atoms with Gasteiger partial charge in [-0.25, -0.2) is 14.6 Å². The second-order valence-corrected chi connectivity index (χ2v) is 11.1. The van der Waals surface area contributed by atoms with Gasteiger partial charge in [0.05, 0.1) is 26.3 Å². The van der Waals surface area contributed by atoms with E-state index in [1.165, 1.54) is 25.2 Å². The molecule has 0 bridgehead atoms. The molecule has 42 heavy (non-hydrogen) atoms. The molecule has 2 aromatic rings. The van der Waals surface area contributed by atoms with Crippen molar-refractivity contribution >= 4 is 40.9 Å². The van der Waals surface area contributed by atoms with Crippen LogP contribution in [0.3, 0.4) is 0 Å². The number of ketones is 1. The molecule has 0 radical (unpaired) electrons. The van der Waals surface area contributed by atoms with Gasteiger partial charge in [-0.15, -0.1) is 6.58 Å². The number of likely N-dealkylation sites (tertiary alicyclic amines) is 1. The zero-order valence-corrected chi connectivity index (χ0v) is 24.1. The third-order valence-corrected chi connectivity index (χ3v) is 7.09. The van der Waals surface area contributed by atoms with E-state index in [0.717, 1.165) is 0 Å². The van der Waals surface area contributed by atoms with Crippen LogP contribution in [0, 0.1) is 5.92 Å². The van der Waals surface area contributed by atoms with Crippen molar-refractivity contribution in [3.63, 3.8) is 0 Å². The van der Waals surface area contributed by atoms with E-state index in [2.05, 4.69) is 21.7 Å². The number of ether oxygens (including phenoxy) is 4. The molecular weight excluding hydrogens is 546 g/mol. The zero-order valence-electron chi connectivity index (χ0n) is 24.1. The highest BCUT2D eigenvalue weighted by atomic mass is 16.6. The monoisotopic (exact) mass is 579 g/mol. The quantitative estimate of drug-likeness (QED) is 0.117. The van der Waals surface area contributed by atoms with E-state index in [1.54, 1.807) is 45.0 Å². The number of hydrogen-bond acceptors (Lipinski definition) is 9. The smallest absolute Gasteiger partial charge is 0.411 e. The second-order valence-electron chi connectivity index (χ2n) is 11.1. The van der Waals surface area contributed by atoms with E-state index in [1.807, 2.05) is 0 Å². The van der Waals surface area contributed by atoms with Gasteiger partial charge in [0.2, 0.25) is 5.91 Å². The molecule has 4 rings (SSSR count). The van der Waals surface area contributed by atoms with Crippen LogP contribution >= 0.6 is 0 Å². The van der Waals surface area contributed by atoms with Gasteiger partial charge in [-0.05, 0) is 39.3 Å². The minimum atomic E-state index is -1.25. The van der Waals surface area contributed by atoms with Crippen LogP contribution in [0.4, 0.5) is 4.79 Å². The number of aromatic nitrogens is 1. The van der Waals surface area contributed by atoms with Crippen molar-refractivity contribution in [3.05, 3.63) is 48.1 Å². The largest absolute Gasteiger partial charge is 0.497 e. The van der Waals surface area contributed by atoms with E-state index in [4.69, 9.17) is 24.5 Å². The number of hydrogen-bond donors (Lipinski definition) is 1. The molecule has 2 fully saturated rings. The molecule has 0 spiro atoms. The summed E-state index contributed by atoms with van der Waals surface area (Å²) < 4.78 is 22.1. The number of rotatable bonds is 9.